The number of aliphatic hydroxyl groups excluding tert-OH is 2. The number of phosphoric ester groups is 2. The van der Waals surface area contributed by atoms with E-state index in [0.717, 1.165) is 16.8 Å². The Kier molecular flexibility index (Phi) is 16.0. The van der Waals surface area contributed by atoms with Crippen LogP contribution in [0.5, 0.6) is 11.9 Å². The number of nitrogens with one attached hydrogen (secondary N) is 3. The van der Waals surface area contributed by atoms with Gasteiger partial charge in [0.25, 0.3) is 15.6 Å². The van der Waals surface area contributed by atoms with E-state index in [9.17, 15) is 39.3 Å². The first-order valence-electron chi connectivity index (χ1n) is 12.1. The number of hydrogen-bond acceptors (Lipinski definition) is 23. The van der Waals surface area contributed by atoms with Crippen molar-refractivity contribution in [3.8, 4) is 11.9 Å². The maximum atomic E-state index is 12.4. The van der Waals surface area contributed by atoms with E-state index in [-0.39, 0.29) is 81.8 Å². The van der Waals surface area contributed by atoms with Crippen molar-refractivity contribution in [2.75, 3.05) is 29.6 Å². The molecule has 48 heavy (non-hydrogen) atoms. The number of anilines is 3. The van der Waals surface area contributed by atoms with Crippen molar-refractivity contribution in [3.05, 3.63) is 27.6 Å². The van der Waals surface area contributed by atoms with E-state index in [4.69, 9.17) is 20.6 Å². The molecule has 5 rings (SSSR count). The number of rotatable bonds is 9. The molecule has 0 amide bonds. The number of nitrogen functional groups attached to an aromatic ring is 1. The fraction of sp³-hybridized carbons (Fsp3) is 0.474. The normalized spacial score (nSPS) is 28.2. The van der Waals surface area contributed by atoms with Gasteiger partial charge >= 0.3 is 21.1 Å². The molecule has 269 valence electrons. The molecule has 0 aromatic carbocycles. The Hall–Kier alpha value is -1.37. The first kappa shape index (κ1) is 44.6. The van der Waals surface area contributed by atoms with Crippen LogP contribution in [0.25, 0.3) is 0 Å². The van der Waals surface area contributed by atoms with Crippen LogP contribution in [0.1, 0.15) is 6.23 Å². The fourth-order valence-electron chi connectivity index (χ4n) is 4.35. The zero-order valence-electron chi connectivity index (χ0n) is 23.4. The molecule has 29 heteroatoms. The summed E-state index contributed by atoms with van der Waals surface area (Å²) >= 11 is 8.64. The van der Waals surface area contributed by atoms with E-state index in [1.54, 1.807) is 0 Å². The molecule has 23 nitrogen and oxygen atoms in total. The van der Waals surface area contributed by atoms with Crippen LogP contribution in [0.4, 0.5) is 17.5 Å². The van der Waals surface area contributed by atoms with Gasteiger partial charge in [-0.3, -0.25) is 14.5 Å². The number of thiol groups is 2. The Morgan fingerprint density at radius 1 is 1.04 bits per heavy atom. The van der Waals surface area contributed by atoms with Crippen LogP contribution in [0.3, 0.4) is 0 Å². The third-order valence-electron chi connectivity index (χ3n) is 6.37. The van der Waals surface area contributed by atoms with Gasteiger partial charge in [-0.15, -0.1) is 25.3 Å². The number of phosphoric acid groups is 2. The third kappa shape index (κ3) is 9.69. The maximum Gasteiger partial charge on any atom is 2.00 e. The van der Waals surface area contributed by atoms with Crippen LogP contribution in [0.15, 0.2) is 22.1 Å². The van der Waals surface area contributed by atoms with Crippen molar-refractivity contribution in [1.29, 1.82) is 5.41 Å². The fourth-order valence-corrected chi connectivity index (χ4v) is 6.97. The minimum Gasteiger partial charge on any atom is -1.00 e. The molecule has 0 spiro atoms. The zero-order valence-corrected chi connectivity index (χ0v) is 30.7. The average Bonchev–Trinajstić information content (AvgIpc) is 3.20. The van der Waals surface area contributed by atoms with Crippen LogP contribution >= 0.6 is 40.9 Å². The van der Waals surface area contributed by atoms with E-state index < -0.39 is 83.7 Å². The van der Waals surface area contributed by atoms with E-state index in [2.05, 4.69) is 64.2 Å². The Morgan fingerprint density at radius 3 is 2.29 bits per heavy atom. The molecule has 0 bridgehead atoms. The van der Waals surface area contributed by atoms with Gasteiger partial charge in [0.15, 0.2) is 18.3 Å². The summed E-state index contributed by atoms with van der Waals surface area (Å²) < 4.78 is 49.7. The van der Waals surface area contributed by atoms with Crippen molar-refractivity contribution < 1.29 is 94.2 Å². The molecule has 3 aliphatic heterocycles. The number of fused-ring (bicyclic) bond motifs is 2. The average molecular weight is 906 g/mol. The molecular weight excluding hydrogens is 881 g/mol. The van der Waals surface area contributed by atoms with Gasteiger partial charge in [-0.2, -0.15) is 4.98 Å². The van der Waals surface area contributed by atoms with Crippen molar-refractivity contribution in [2.24, 2.45) is 0 Å². The van der Waals surface area contributed by atoms with Gasteiger partial charge in [-0.05, 0) is 6.07 Å². The summed E-state index contributed by atoms with van der Waals surface area (Å²) in [7, 11) is -11.3. The molecule has 2 aromatic heterocycles. The summed E-state index contributed by atoms with van der Waals surface area (Å²) in [6, 6.07) is -0.664. The van der Waals surface area contributed by atoms with Gasteiger partial charge in [-0.25, -0.2) is 14.3 Å². The third-order valence-corrected chi connectivity index (χ3v) is 10.1. The summed E-state index contributed by atoms with van der Waals surface area (Å²) in [4.78, 5) is 35.7. The van der Waals surface area contributed by atoms with Crippen molar-refractivity contribution in [2.45, 2.75) is 42.9 Å². The molecule has 0 aliphatic carbocycles. The molecule has 2 aromatic rings. The van der Waals surface area contributed by atoms with Gasteiger partial charge in [0.05, 0.1) is 24.9 Å². The first-order chi connectivity index (χ1) is 20.5. The molecule has 1 fully saturated rings. The number of hydrogen-bond donors (Lipinski definition) is 8. The summed E-state index contributed by atoms with van der Waals surface area (Å²) in [5.74, 6) is -0.990. The molecule has 3 aliphatic rings. The molecule has 9 atom stereocenters. The number of ether oxygens (including phenoxy) is 2. The van der Waals surface area contributed by atoms with Crippen LogP contribution in [0.2, 0.25) is 0 Å². The second kappa shape index (κ2) is 17.2. The minimum absolute atomic E-state index is 0. The van der Waals surface area contributed by atoms with Crippen LogP contribution < -0.4 is 41.9 Å². The summed E-state index contributed by atoms with van der Waals surface area (Å²) in [6.45, 7) is -1.87. The summed E-state index contributed by atoms with van der Waals surface area (Å²) in [5.41, 5.74) is 5.13. The Labute approximate surface area is 305 Å². The standard InChI is InChI=1S/C19H26N8O13P2S2.Mo.2H2O.Se/c20-7-1-2-27(19(31)22-7)17-11(29)10(28)5(39-17)3-36-41(32,33)40-42(34,35)37-4-6-12(43)13(44)8-16(38-6)24-14-9(23-8)15(30)26-18(21)25-14;;;;/h1-2,5-6,8,10-11,16-17,23,28-29,43-44H,3-4H2,(H,32,33)(H,34,35)(H2,20,22,31)(H4,21,24,25,26,30);;2*1H2;/q;+2;;;-1/p-5/t5-,6-,8+,10-,11-,16-,17-;;;;/m1..../s1. The van der Waals surface area contributed by atoms with Gasteiger partial charge < -0.3 is 97.7 Å². The summed E-state index contributed by atoms with van der Waals surface area (Å²) in [6.07, 6.45) is -7.75. The quantitative estimate of drug-likeness (QED) is 0.0662. The van der Waals surface area contributed by atoms with Gasteiger partial charge in [0, 0.05) is 21.9 Å². The summed E-state index contributed by atoms with van der Waals surface area (Å²) in [5, 5.41) is 57.6. The van der Waals surface area contributed by atoms with Crippen molar-refractivity contribution in [3.63, 3.8) is 0 Å². The first-order valence-corrected chi connectivity index (χ1v) is 16.0. The van der Waals surface area contributed by atoms with Crippen molar-refractivity contribution >= 4 is 75.4 Å². The number of nitrogens with zero attached hydrogens (tertiary/aromatic N) is 4. The largest absolute Gasteiger partial charge is 2.00 e. The topological polar surface area (TPSA) is 392 Å². The Morgan fingerprint density at radius 2 is 1.67 bits per heavy atom. The predicted octanol–water partition coefficient (Wildman–Crippen LogP) is -5.19. The molecule has 0 saturated carbocycles. The number of nitrogens with two attached hydrogens (primary N) is 1. The predicted molar refractivity (Wildman–Crippen MR) is 154 cm³/mol. The second-order valence-corrected chi connectivity index (χ2v) is 13.2. The van der Waals surface area contributed by atoms with Crippen LogP contribution in [-0.4, -0.2) is 108 Å². The smallest absolute Gasteiger partial charge is 1.00 e. The van der Waals surface area contributed by atoms with E-state index in [1.807, 2.05) is 0 Å². The van der Waals surface area contributed by atoms with Gasteiger partial charge in [0.2, 0.25) is 5.95 Å². The van der Waals surface area contributed by atoms with Crippen molar-refractivity contribution in [1.82, 2.24) is 19.5 Å². The van der Waals surface area contributed by atoms with Crippen LogP contribution in [-0.2, 0) is 53.0 Å². The monoisotopic (exact) mass is 909 g/mol. The SMILES string of the molecule is N=c1ccn([C@@H]2O[C@H](COP(=O)([O-])OP(=O)([O-])OC[C@H]3O[C@H]4Nc5nc(N)nc([O-])c5N[C@H]4C(S)=C3S)[C@@H](O)[C@H]2O)c([O-])n1.O.[Mo+2].[OH-].[Se-]. The molecule has 10 N–H and O–H groups in total. The van der Waals surface area contributed by atoms with Crippen LogP contribution in [0, 0.1) is 5.41 Å². The zero-order chi connectivity index (χ0) is 32.1. The minimum atomic E-state index is -5.68. The number of aliphatic hydroxyl groups is 2. The van der Waals surface area contributed by atoms with Gasteiger partial charge in [0.1, 0.15) is 35.9 Å². The molecule has 1 radical (unpaired) electrons. The molecular formula is C19H25MoN8O15P2S2Se-4. The maximum absolute atomic E-state index is 12.4. The molecule has 1 saturated heterocycles. The molecule has 5 heterocycles. The molecule has 2 unspecified atom stereocenters. The number of aromatic nitrogens is 4. The van der Waals surface area contributed by atoms with Gasteiger partial charge in [-0.1, -0.05) is 0 Å². The van der Waals surface area contributed by atoms with E-state index in [1.165, 1.54) is 0 Å². The van der Waals surface area contributed by atoms with E-state index in [0.29, 0.717) is 0 Å². The Bertz CT molecular complexity index is 1650. The second-order valence-electron chi connectivity index (χ2n) is 9.31. The Balaban J connectivity index is 0.00000288. The van der Waals surface area contributed by atoms with E-state index >= 15 is 0 Å².